The maximum Gasteiger partial charge on any atom is 0.254 e. The first-order valence-corrected chi connectivity index (χ1v) is 8.36. The van der Waals surface area contributed by atoms with Gasteiger partial charge in [-0.25, -0.2) is 0 Å². The summed E-state index contributed by atoms with van der Waals surface area (Å²) >= 11 is 0. The second-order valence-corrected chi connectivity index (χ2v) is 6.56. The van der Waals surface area contributed by atoms with Gasteiger partial charge >= 0.3 is 0 Å². The highest BCUT2D eigenvalue weighted by Crippen LogP contribution is 2.35. The number of likely N-dealkylation sites (tertiary alicyclic amines) is 1. The Morgan fingerprint density at radius 1 is 1.30 bits per heavy atom. The maximum atomic E-state index is 12.9. The van der Waals surface area contributed by atoms with Crippen molar-refractivity contribution in [1.29, 1.82) is 0 Å². The maximum absolute atomic E-state index is 12.9. The summed E-state index contributed by atoms with van der Waals surface area (Å²) in [5.41, 5.74) is 2.21. The van der Waals surface area contributed by atoms with E-state index < -0.39 is 5.54 Å². The topological polar surface area (TPSA) is 60.9 Å². The summed E-state index contributed by atoms with van der Waals surface area (Å²) in [4.78, 5) is 28.1. The van der Waals surface area contributed by atoms with E-state index in [1.165, 1.54) is 0 Å². The lowest BCUT2D eigenvalue weighted by molar-refractivity contribution is -0.116. The predicted octanol–water partition coefficient (Wildman–Crippen LogP) is 1.97. The fourth-order valence-corrected chi connectivity index (χ4v) is 3.92. The number of benzene rings is 1. The lowest BCUT2D eigenvalue weighted by atomic mass is 9.93. The van der Waals surface area contributed by atoms with Crippen LogP contribution in [0.25, 0.3) is 0 Å². The average Bonchev–Trinajstić information content (AvgIpc) is 3.17. The van der Waals surface area contributed by atoms with Crippen LogP contribution >= 0.6 is 0 Å². The Balaban J connectivity index is 1.88. The fraction of sp³-hybridized carbons (Fsp3) is 0.556. The normalized spacial score (nSPS) is 23.3. The van der Waals surface area contributed by atoms with Crippen LogP contribution in [0.4, 0.5) is 5.69 Å². The van der Waals surface area contributed by atoms with Crippen molar-refractivity contribution in [2.45, 2.75) is 45.1 Å². The van der Waals surface area contributed by atoms with E-state index in [-0.39, 0.29) is 18.4 Å². The number of fused-ring (bicyclic) bond motifs is 1. The van der Waals surface area contributed by atoms with E-state index in [4.69, 9.17) is 0 Å². The van der Waals surface area contributed by atoms with Crippen LogP contribution in [0.3, 0.4) is 0 Å². The van der Waals surface area contributed by atoms with E-state index in [1.807, 2.05) is 24.0 Å². The molecule has 1 N–H and O–H groups in total. The predicted molar refractivity (Wildman–Crippen MR) is 88.6 cm³/mol. The molecule has 1 atom stereocenters. The van der Waals surface area contributed by atoms with E-state index in [9.17, 15) is 14.7 Å². The first-order chi connectivity index (χ1) is 11.0. The summed E-state index contributed by atoms with van der Waals surface area (Å²) in [6, 6.07) is 5.59. The van der Waals surface area contributed by atoms with Crippen LogP contribution in [0.1, 0.15) is 49.0 Å². The monoisotopic (exact) mass is 316 g/mol. The molecule has 1 unspecified atom stereocenters. The van der Waals surface area contributed by atoms with E-state index in [2.05, 4.69) is 0 Å². The van der Waals surface area contributed by atoms with E-state index in [1.54, 1.807) is 17.9 Å². The van der Waals surface area contributed by atoms with Gasteiger partial charge in [0.05, 0.1) is 12.1 Å². The Morgan fingerprint density at radius 2 is 2.09 bits per heavy atom. The highest BCUT2D eigenvalue weighted by Gasteiger charge is 2.42. The lowest BCUT2D eigenvalue weighted by Gasteiger charge is -2.36. The molecule has 0 saturated carbocycles. The second kappa shape index (κ2) is 5.96. The Labute approximate surface area is 136 Å². The number of carbonyl (C=O) groups is 2. The standard InChI is InChI=1S/C18H24N2O3/c1-3-18(12-21)8-4-9-20(18)17(23)15-5-6-16-14(11-15)7-10-19(16)13(2)22/h5-6,11,21H,3-4,7-10,12H2,1-2H3. The van der Waals surface area contributed by atoms with Gasteiger partial charge in [-0.1, -0.05) is 6.92 Å². The summed E-state index contributed by atoms with van der Waals surface area (Å²) in [7, 11) is 0. The van der Waals surface area contributed by atoms with E-state index in [0.717, 1.165) is 36.9 Å². The number of hydrogen-bond acceptors (Lipinski definition) is 3. The number of anilines is 1. The van der Waals surface area contributed by atoms with Crippen molar-refractivity contribution >= 4 is 17.5 Å². The Hall–Kier alpha value is -1.88. The molecule has 1 saturated heterocycles. The van der Waals surface area contributed by atoms with Crippen molar-refractivity contribution in [3.8, 4) is 0 Å². The number of rotatable bonds is 3. The van der Waals surface area contributed by atoms with E-state index in [0.29, 0.717) is 18.7 Å². The number of aliphatic hydroxyl groups is 1. The molecule has 1 fully saturated rings. The zero-order valence-corrected chi connectivity index (χ0v) is 13.8. The number of amides is 2. The summed E-state index contributed by atoms with van der Waals surface area (Å²) in [5, 5.41) is 9.80. The number of carbonyl (C=O) groups excluding carboxylic acids is 2. The minimum absolute atomic E-state index is 0.0116. The summed E-state index contributed by atoms with van der Waals surface area (Å²) in [5.74, 6) is 0.0233. The molecule has 0 bridgehead atoms. The molecule has 2 aliphatic rings. The largest absolute Gasteiger partial charge is 0.394 e. The molecule has 2 amide bonds. The molecule has 5 nitrogen and oxygen atoms in total. The number of aliphatic hydroxyl groups excluding tert-OH is 1. The number of nitrogens with zero attached hydrogens (tertiary/aromatic N) is 2. The molecule has 2 heterocycles. The van der Waals surface area contributed by atoms with Gasteiger partial charge in [0.1, 0.15) is 0 Å². The molecule has 0 radical (unpaired) electrons. The van der Waals surface area contributed by atoms with Gasteiger partial charge < -0.3 is 14.9 Å². The quantitative estimate of drug-likeness (QED) is 0.927. The first kappa shape index (κ1) is 16.0. The average molecular weight is 316 g/mol. The third-order valence-corrected chi connectivity index (χ3v) is 5.40. The van der Waals surface area contributed by atoms with Gasteiger partial charge in [-0.05, 0) is 49.4 Å². The molecule has 0 spiro atoms. The molecular formula is C18H24N2O3. The third-order valence-electron chi connectivity index (χ3n) is 5.40. The van der Waals surface area contributed by atoms with Crippen LogP contribution in [-0.4, -0.2) is 47.1 Å². The Morgan fingerprint density at radius 3 is 2.74 bits per heavy atom. The third kappa shape index (κ3) is 2.53. The Kier molecular flexibility index (Phi) is 4.15. The van der Waals surface area contributed by atoms with Crippen LogP contribution in [0.5, 0.6) is 0 Å². The summed E-state index contributed by atoms with van der Waals surface area (Å²) in [6.07, 6.45) is 3.34. The molecule has 2 aliphatic heterocycles. The van der Waals surface area contributed by atoms with Crippen molar-refractivity contribution in [3.05, 3.63) is 29.3 Å². The zero-order chi connectivity index (χ0) is 16.6. The zero-order valence-electron chi connectivity index (χ0n) is 13.8. The second-order valence-electron chi connectivity index (χ2n) is 6.56. The molecule has 1 aromatic rings. The minimum Gasteiger partial charge on any atom is -0.394 e. The van der Waals surface area contributed by atoms with Gasteiger partial charge in [-0.2, -0.15) is 0 Å². The SMILES string of the molecule is CCC1(CO)CCCN1C(=O)c1ccc2c(c1)CCN2C(C)=O. The molecule has 0 aromatic heterocycles. The van der Waals surface area contributed by atoms with Crippen molar-refractivity contribution < 1.29 is 14.7 Å². The van der Waals surface area contributed by atoms with Gasteiger partial charge in [-0.3, -0.25) is 9.59 Å². The van der Waals surface area contributed by atoms with Crippen molar-refractivity contribution in [2.24, 2.45) is 0 Å². The van der Waals surface area contributed by atoms with Crippen molar-refractivity contribution in [3.63, 3.8) is 0 Å². The fourth-order valence-electron chi connectivity index (χ4n) is 3.92. The lowest BCUT2D eigenvalue weighted by Crippen LogP contribution is -2.49. The van der Waals surface area contributed by atoms with Crippen LogP contribution in [0.15, 0.2) is 18.2 Å². The van der Waals surface area contributed by atoms with Crippen molar-refractivity contribution in [1.82, 2.24) is 4.90 Å². The van der Waals surface area contributed by atoms with Gasteiger partial charge in [0.2, 0.25) is 5.91 Å². The van der Waals surface area contributed by atoms with Gasteiger partial charge in [0.25, 0.3) is 5.91 Å². The first-order valence-electron chi connectivity index (χ1n) is 8.36. The van der Waals surface area contributed by atoms with Gasteiger partial charge in [-0.15, -0.1) is 0 Å². The molecule has 23 heavy (non-hydrogen) atoms. The molecule has 124 valence electrons. The highest BCUT2D eigenvalue weighted by atomic mass is 16.3. The molecule has 5 heteroatoms. The van der Waals surface area contributed by atoms with Crippen LogP contribution < -0.4 is 4.90 Å². The van der Waals surface area contributed by atoms with Gasteiger partial charge in [0.15, 0.2) is 0 Å². The van der Waals surface area contributed by atoms with Gasteiger partial charge in [0, 0.05) is 31.3 Å². The minimum atomic E-state index is -0.415. The molecule has 1 aromatic carbocycles. The highest BCUT2D eigenvalue weighted by molar-refractivity contribution is 5.98. The summed E-state index contributed by atoms with van der Waals surface area (Å²) in [6.45, 7) is 4.98. The van der Waals surface area contributed by atoms with Crippen LogP contribution in [0.2, 0.25) is 0 Å². The molecule has 3 rings (SSSR count). The van der Waals surface area contributed by atoms with Crippen molar-refractivity contribution in [2.75, 3.05) is 24.6 Å². The van der Waals surface area contributed by atoms with Crippen LogP contribution in [0, 0.1) is 0 Å². The smallest absolute Gasteiger partial charge is 0.254 e. The van der Waals surface area contributed by atoms with Crippen LogP contribution in [-0.2, 0) is 11.2 Å². The number of hydrogen-bond donors (Lipinski definition) is 1. The molecular weight excluding hydrogens is 292 g/mol. The Bertz CT molecular complexity index is 637. The van der Waals surface area contributed by atoms with E-state index >= 15 is 0 Å². The summed E-state index contributed by atoms with van der Waals surface area (Å²) < 4.78 is 0. The molecule has 0 aliphatic carbocycles.